The maximum Gasteiger partial charge on any atom is 0.353 e. The number of aliphatic carboxylic acids is 1. The molecule has 1 atom stereocenters. The first-order chi connectivity index (χ1) is 4.74. The Labute approximate surface area is 56.5 Å². The molecule has 0 aromatic rings. The summed E-state index contributed by atoms with van der Waals surface area (Å²) in [4.78, 5) is 14.6. The number of nitrogens with zero attached hydrogens (tertiary/aromatic N) is 2. The zero-order chi connectivity index (χ0) is 7.56. The second-order valence-electron chi connectivity index (χ2n) is 1.77. The molecule has 0 spiro atoms. The number of oxime groups is 1. The van der Waals surface area contributed by atoms with Crippen molar-refractivity contribution in [3.63, 3.8) is 0 Å². The fourth-order valence-electron chi connectivity index (χ4n) is 0.573. The van der Waals surface area contributed by atoms with E-state index < -0.39 is 12.1 Å². The molecule has 0 amide bonds. The molecule has 1 heterocycles. The quantitative estimate of drug-likeness (QED) is 0.543. The van der Waals surface area contributed by atoms with E-state index >= 15 is 0 Å². The second-order valence-corrected chi connectivity index (χ2v) is 1.77. The summed E-state index contributed by atoms with van der Waals surface area (Å²) < 4.78 is 0. The number of hydrogen-bond acceptors (Lipinski definition) is 4. The van der Waals surface area contributed by atoms with Crippen LogP contribution in [0.1, 0.15) is 6.42 Å². The lowest BCUT2D eigenvalue weighted by atomic mass is 10.2. The largest absolute Gasteiger partial charge is 0.477 e. The third-order valence-corrected chi connectivity index (χ3v) is 1.06. The number of carbonyl (C=O) groups is 1. The standard InChI is InChI=1S/C5H4N2O3/c6-2-3-1-4(5(8)9)7-10-3/h3H,1H2,(H,8,9). The Kier molecular flexibility index (Phi) is 1.54. The molecule has 0 saturated heterocycles. The Morgan fingerprint density at radius 3 is 3.00 bits per heavy atom. The Bertz CT molecular complexity index is 228. The van der Waals surface area contributed by atoms with Crippen LogP contribution in [-0.4, -0.2) is 22.9 Å². The van der Waals surface area contributed by atoms with E-state index in [1.807, 2.05) is 0 Å². The highest BCUT2D eigenvalue weighted by molar-refractivity contribution is 6.35. The van der Waals surface area contributed by atoms with Gasteiger partial charge in [-0.25, -0.2) is 4.79 Å². The van der Waals surface area contributed by atoms with E-state index in [0.29, 0.717) is 0 Å². The number of carboxylic acid groups (broad SMARTS) is 1. The third-order valence-electron chi connectivity index (χ3n) is 1.06. The molecule has 0 aromatic heterocycles. The highest BCUT2D eigenvalue weighted by Gasteiger charge is 2.24. The molecule has 10 heavy (non-hydrogen) atoms. The molecule has 5 heteroatoms. The van der Waals surface area contributed by atoms with Gasteiger partial charge in [0.25, 0.3) is 0 Å². The molecule has 0 fully saturated rings. The molecule has 0 aromatic carbocycles. The lowest BCUT2D eigenvalue weighted by Gasteiger charge is -1.90. The highest BCUT2D eigenvalue weighted by Crippen LogP contribution is 2.08. The van der Waals surface area contributed by atoms with Crippen LogP contribution in [0.2, 0.25) is 0 Å². The third kappa shape index (κ3) is 1.05. The summed E-state index contributed by atoms with van der Waals surface area (Å²) in [7, 11) is 0. The summed E-state index contributed by atoms with van der Waals surface area (Å²) in [5.74, 6) is -1.13. The predicted molar refractivity (Wildman–Crippen MR) is 30.2 cm³/mol. The first kappa shape index (κ1) is 6.55. The Balaban J connectivity index is 2.57. The van der Waals surface area contributed by atoms with Gasteiger partial charge >= 0.3 is 5.97 Å². The van der Waals surface area contributed by atoms with Gasteiger partial charge in [0, 0.05) is 0 Å². The maximum absolute atomic E-state index is 10.1. The van der Waals surface area contributed by atoms with Crippen molar-refractivity contribution in [1.82, 2.24) is 0 Å². The summed E-state index contributed by atoms with van der Waals surface area (Å²) >= 11 is 0. The topological polar surface area (TPSA) is 82.7 Å². The minimum atomic E-state index is -1.13. The molecular formula is C5H4N2O3. The summed E-state index contributed by atoms with van der Waals surface area (Å²) in [6.07, 6.45) is -0.641. The van der Waals surface area contributed by atoms with Gasteiger partial charge in [-0.3, -0.25) is 0 Å². The van der Waals surface area contributed by atoms with Crippen LogP contribution in [-0.2, 0) is 9.63 Å². The van der Waals surface area contributed by atoms with Gasteiger partial charge < -0.3 is 9.94 Å². The molecule has 5 nitrogen and oxygen atoms in total. The van der Waals surface area contributed by atoms with Gasteiger partial charge in [-0.05, 0) is 0 Å². The van der Waals surface area contributed by atoms with E-state index in [2.05, 4.69) is 9.99 Å². The monoisotopic (exact) mass is 140 g/mol. The summed E-state index contributed by atoms with van der Waals surface area (Å²) in [5, 5.41) is 19.7. The molecule has 0 radical (unpaired) electrons. The second kappa shape index (κ2) is 2.35. The van der Waals surface area contributed by atoms with Gasteiger partial charge in [-0.15, -0.1) is 0 Å². The fourth-order valence-corrected chi connectivity index (χ4v) is 0.573. The van der Waals surface area contributed by atoms with Gasteiger partial charge in [-0.1, -0.05) is 5.16 Å². The van der Waals surface area contributed by atoms with E-state index in [-0.39, 0.29) is 12.1 Å². The van der Waals surface area contributed by atoms with E-state index in [0.717, 1.165) is 0 Å². The van der Waals surface area contributed by atoms with E-state index in [9.17, 15) is 4.79 Å². The van der Waals surface area contributed by atoms with Crippen molar-refractivity contribution < 1.29 is 14.7 Å². The molecule has 1 N–H and O–H groups in total. The van der Waals surface area contributed by atoms with Crippen LogP contribution in [0.4, 0.5) is 0 Å². The predicted octanol–water partition coefficient (Wildman–Crippen LogP) is -0.261. The summed E-state index contributed by atoms with van der Waals surface area (Å²) in [6.45, 7) is 0. The van der Waals surface area contributed by atoms with E-state index in [1.54, 1.807) is 6.07 Å². The SMILES string of the molecule is N#CC1CC(C(=O)O)=NO1. The minimum absolute atomic E-state index is 0.0752. The van der Waals surface area contributed by atoms with E-state index in [1.165, 1.54) is 0 Å². The molecule has 1 rings (SSSR count). The Hall–Kier alpha value is -1.57. The summed E-state index contributed by atoms with van der Waals surface area (Å²) in [6, 6.07) is 1.75. The van der Waals surface area contributed by atoms with Crippen LogP contribution in [0, 0.1) is 11.3 Å². The van der Waals surface area contributed by atoms with Gasteiger partial charge in [0.15, 0.2) is 5.71 Å². The molecule has 1 aliphatic rings. The van der Waals surface area contributed by atoms with Gasteiger partial charge in [0.1, 0.15) is 6.07 Å². The van der Waals surface area contributed by atoms with Crippen LogP contribution in [0.15, 0.2) is 5.16 Å². The first-order valence-electron chi connectivity index (χ1n) is 2.59. The minimum Gasteiger partial charge on any atom is -0.477 e. The molecule has 0 saturated carbocycles. The average Bonchev–Trinajstić information content (AvgIpc) is 2.34. The maximum atomic E-state index is 10.1. The number of hydrogen-bond donors (Lipinski definition) is 1. The molecule has 0 aliphatic carbocycles. The van der Waals surface area contributed by atoms with E-state index in [4.69, 9.17) is 10.4 Å². The zero-order valence-corrected chi connectivity index (χ0v) is 4.94. The van der Waals surface area contributed by atoms with Gasteiger partial charge in [-0.2, -0.15) is 5.26 Å². The molecule has 0 bridgehead atoms. The molecule has 52 valence electrons. The number of rotatable bonds is 1. The highest BCUT2D eigenvalue weighted by atomic mass is 16.6. The van der Waals surface area contributed by atoms with Crippen LogP contribution in [0.5, 0.6) is 0 Å². The Morgan fingerprint density at radius 2 is 2.70 bits per heavy atom. The van der Waals surface area contributed by atoms with Gasteiger partial charge in [0.2, 0.25) is 6.10 Å². The van der Waals surface area contributed by atoms with Crippen LogP contribution >= 0.6 is 0 Å². The smallest absolute Gasteiger partial charge is 0.353 e. The average molecular weight is 140 g/mol. The zero-order valence-electron chi connectivity index (χ0n) is 4.94. The fraction of sp³-hybridized carbons (Fsp3) is 0.400. The number of carboxylic acids is 1. The van der Waals surface area contributed by atoms with Crippen molar-refractivity contribution in [2.45, 2.75) is 12.5 Å². The van der Waals surface area contributed by atoms with Crippen molar-refractivity contribution in [3.8, 4) is 6.07 Å². The van der Waals surface area contributed by atoms with Crippen LogP contribution < -0.4 is 0 Å². The molecule has 1 aliphatic heterocycles. The van der Waals surface area contributed by atoms with Crippen molar-refractivity contribution in [1.29, 1.82) is 5.26 Å². The molecule has 1 unspecified atom stereocenters. The van der Waals surface area contributed by atoms with Crippen molar-refractivity contribution >= 4 is 11.7 Å². The lowest BCUT2D eigenvalue weighted by Crippen LogP contribution is -2.12. The van der Waals surface area contributed by atoms with Crippen molar-refractivity contribution in [2.75, 3.05) is 0 Å². The van der Waals surface area contributed by atoms with Crippen molar-refractivity contribution in [3.05, 3.63) is 0 Å². The lowest BCUT2D eigenvalue weighted by molar-refractivity contribution is -0.129. The van der Waals surface area contributed by atoms with Gasteiger partial charge in [0.05, 0.1) is 6.42 Å². The first-order valence-corrected chi connectivity index (χ1v) is 2.59. The Morgan fingerprint density at radius 1 is 2.00 bits per heavy atom. The van der Waals surface area contributed by atoms with Crippen LogP contribution in [0.25, 0.3) is 0 Å². The van der Waals surface area contributed by atoms with Crippen LogP contribution in [0.3, 0.4) is 0 Å². The van der Waals surface area contributed by atoms with Crippen molar-refractivity contribution in [2.24, 2.45) is 5.16 Å². The number of nitriles is 1. The molecular weight excluding hydrogens is 136 g/mol. The summed E-state index contributed by atoms with van der Waals surface area (Å²) in [5.41, 5.74) is -0.0912. The normalized spacial score (nSPS) is 22.7.